The van der Waals surface area contributed by atoms with Gasteiger partial charge in [-0.1, -0.05) is 26.8 Å². The van der Waals surface area contributed by atoms with Crippen molar-refractivity contribution in [3.05, 3.63) is 23.9 Å². The van der Waals surface area contributed by atoms with Crippen LogP contribution in [0.15, 0.2) is 18.3 Å². The predicted molar refractivity (Wildman–Crippen MR) is 77.2 cm³/mol. The van der Waals surface area contributed by atoms with E-state index in [4.69, 9.17) is 0 Å². The highest BCUT2D eigenvalue weighted by molar-refractivity contribution is 5.81. The van der Waals surface area contributed by atoms with E-state index in [1.807, 2.05) is 38.8 Å². The third-order valence-electron chi connectivity index (χ3n) is 3.43. The summed E-state index contributed by atoms with van der Waals surface area (Å²) in [4.78, 5) is 20.8. The fourth-order valence-electron chi connectivity index (χ4n) is 2.26. The molecule has 1 amide bonds. The maximum absolute atomic E-state index is 12.2. The number of aromatic nitrogens is 1. The van der Waals surface area contributed by atoms with Crippen LogP contribution >= 0.6 is 0 Å². The summed E-state index contributed by atoms with van der Waals surface area (Å²) in [5.41, 5.74) is 0.884. The minimum Gasteiger partial charge on any atom is -0.353 e. The molecule has 0 saturated carbocycles. The summed E-state index contributed by atoms with van der Waals surface area (Å²) < 4.78 is 0. The normalized spacial score (nSPS) is 16.6. The van der Waals surface area contributed by atoms with E-state index in [1.54, 1.807) is 0 Å². The van der Waals surface area contributed by atoms with Gasteiger partial charge in [-0.3, -0.25) is 4.79 Å². The van der Waals surface area contributed by atoms with Crippen molar-refractivity contribution >= 4 is 11.7 Å². The molecule has 0 atom stereocenters. The van der Waals surface area contributed by atoms with Crippen molar-refractivity contribution in [1.82, 2.24) is 9.88 Å². The minimum atomic E-state index is -0.287. The van der Waals surface area contributed by atoms with E-state index in [-0.39, 0.29) is 11.3 Å². The van der Waals surface area contributed by atoms with Gasteiger partial charge in [-0.15, -0.1) is 0 Å². The Labute approximate surface area is 115 Å². The molecule has 0 unspecified atom stereocenters. The molecule has 0 aliphatic carbocycles. The predicted octanol–water partition coefficient (Wildman–Crippen LogP) is 2.08. The summed E-state index contributed by atoms with van der Waals surface area (Å²) in [7, 11) is 0. The number of anilines is 1. The van der Waals surface area contributed by atoms with Gasteiger partial charge in [0.15, 0.2) is 0 Å². The number of aryl methyl sites for hydroxylation is 1. The zero-order valence-corrected chi connectivity index (χ0v) is 12.3. The highest BCUT2D eigenvalue weighted by Gasteiger charge is 2.29. The lowest BCUT2D eigenvalue weighted by Crippen LogP contribution is -2.51. The van der Waals surface area contributed by atoms with Crippen LogP contribution in [0, 0.1) is 12.3 Å². The monoisotopic (exact) mass is 261 g/mol. The van der Waals surface area contributed by atoms with E-state index >= 15 is 0 Å². The third kappa shape index (κ3) is 3.25. The Kier molecular flexibility index (Phi) is 3.78. The third-order valence-corrected chi connectivity index (χ3v) is 3.43. The Morgan fingerprint density at radius 1 is 1.16 bits per heavy atom. The number of pyridine rings is 1. The molecular weight excluding hydrogens is 238 g/mol. The molecule has 2 rings (SSSR count). The molecule has 1 saturated heterocycles. The quantitative estimate of drug-likeness (QED) is 0.776. The lowest BCUT2D eigenvalue weighted by molar-refractivity contribution is -0.139. The Bertz CT molecular complexity index is 439. The van der Waals surface area contributed by atoms with Crippen LogP contribution in [0.1, 0.15) is 26.3 Å². The first-order valence-corrected chi connectivity index (χ1v) is 6.85. The molecule has 4 nitrogen and oxygen atoms in total. The first-order chi connectivity index (χ1) is 8.88. The molecule has 104 valence electrons. The van der Waals surface area contributed by atoms with E-state index in [0.29, 0.717) is 0 Å². The number of nitrogens with zero attached hydrogens (tertiary/aromatic N) is 3. The van der Waals surface area contributed by atoms with Crippen LogP contribution < -0.4 is 4.90 Å². The van der Waals surface area contributed by atoms with Gasteiger partial charge in [-0.2, -0.15) is 0 Å². The van der Waals surface area contributed by atoms with Crippen molar-refractivity contribution in [2.75, 3.05) is 31.1 Å². The zero-order valence-electron chi connectivity index (χ0n) is 12.3. The molecule has 2 heterocycles. The molecule has 0 bridgehead atoms. The van der Waals surface area contributed by atoms with Crippen LogP contribution in [-0.4, -0.2) is 42.0 Å². The van der Waals surface area contributed by atoms with Gasteiger partial charge in [0, 0.05) is 37.8 Å². The number of carbonyl (C=O) groups is 1. The minimum absolute atomic E-state index is 0.240. The molecule has 1 fully saturated rings. The van der Waals surface area contributed by atoms with Crippen molar-refractivity contribution in [3.63, 3.8) is 0 Å². The fourth-order valence-corrected chi connectivity index (χ4v) is 2.26. The Balaban J connectivity index is 1.96. The van der Waals surface area contributed by atoms with E-state index in [0.717, 1.165) is 32.0 Å². The van der Waals surface area contributed by atoms with Crippen LogP contribution in [0.4, 0.5) is 5.82 Å². The van der Waals surface area contributed by atoms with Gasteiger partial charge >= 0.3 is 0 Å². The summed E-state index contributed by atoms with van der Waals surface area (Å²) in [5, 5.41) is 0. The van der Waals surface area contributed by atoms with Gasteiger partial charge in [0.05, 0.1) is 0 Å². The lowest BCUT2D eigenvalue weighted by atomic mass is 9.94. The van der Waals surface area contributed by atoms with E-state index in [2.05, 4.69) is 22.0 Å². The molecule has 0 aromatic carbocycles. The molecule has 1 aromatic heterocycles. The van der Waals surface area contributed by atoms with E-state index < -0.39 is 0 Å². The topological polar surface area (TPSA) is 36.4 Å². The molecule has 0 spiro atoms. The largest absolute Gasteiger partial charge is 0.353 e. The summed E-state index contributed by atoms with van der Waals surface area (Å²) in [6.07, 6.45) is 1.89. The van der Waals surface area contributed by atoms with Crippen LogP contribution in [0.5, 0.6) is 0 Å². The average molecular weight is 261 g/mol. The molecular formula is C15H23N3O. The number of carbonyl (C=O) groups excluding carboxylic acids is 1. The van der Waals surface area contributed by atoms with Gasteiger partial charge in [0.1, 0.15) is 5.82 Å². The van der Waals surface area contributed by atoms with Gasteiger partial charge in [-0.05, 0) is 18.6 Å². The Morgan fingerprint density at radius 3 is 2.26 bits per heavy atom. The molecule has 19 heavy (non-hydrogen) atoms. The van der Waals surface area contributed by atoms with Gasteiger partial charge < -0.3 is 9.80 Å². The fraction of sp³-hybridized carbons (Fsp3) is 0.600. The van der Waals surface area contributed by atoms with Gasteiger partial charge in [0.25, 0.3) is 0 Å². The lowest BCUT2D eigenvalue weighted by Gasteiger charge is -2.38. The molecule has 4 heteroatoms. The van der Waals surface area contributed by atoms with Crippen molar-refractivity contribution in [3.8, 4) is 0 Å². The molecule has 1 aliphatic heterocycles. The second kappa shape index (κ2) is 5.19. The highest BCUT2D eigenvalue weighted by Crippen LogP contribution is 2.20. The maximum atomic E-state index is 12.2. The molecule has 1 aromatic rings. The second-order valence-corrected chi connectivity index (χ2v) is 6.22. The smallest absolute Gasteiger partial charge is 0.228 e. The zero-order chi connectivity index (χ0) is 14.0. The SMILES string of the molecule is Cc1ccc(N2CCN(C(=O)C(C)(C)C)CC2)nc1. The van der Waals surface area contributed by atoms with Crippen LogP contribution in [0.3, 0.4) is 0 Å². The van der Waals surface area contributed by atoms with E-state index in [1.165, 1.54) is 5.56 Å². The van der Waals surface area contributed by atoms with Gasteiger partial charge in [0.2, 0.25) is 5.91 Å². The second-order valence-electron chi connectivity index (χ2n) is 6.22. The summed E-state index contributed by atoms with van der Waals surface area (Å²) in [6, 6.07) is 4.13. The first kappa shape index (κ1) is 13.8. The van der Waals surface area contributed by atoms with Crippen molar-refractivity contribution in [2.45, 2.75) is 27.7 Å². The average Bonchev–Trinajstić information content (AvgIpc) is 2.38. The molecule has 0 N–H and O–H groups in total. The van der Waals surface area contributed by atoms with Crippen LogP contribution in [0.25, 0.3) is 0 Å². The Hall–Kier alpha value is -1.58. The number of amides is 1. The van der Waals surface area contributed by atoms with Gasteiger partial charge in [-0.25, -0.2) is 4.98 Å². The van der Waals surface area contributed by atoms with Crippen LogP contribution in [-0.2, 0) is 4.79 Å². The first-order valence-electron chi connectivity index (χ1n) is 6.85. The maximum Gasteiger partial charge on any atom is 0.228 e. The Morgan fingerprint density at radius 2 is 1.79 bits per heavy atom. The molecule has 0 radical (unpaired) electrons. The number of rotatable bonds is 1. The number of piperazine rings is 1. The molecule has 1 aliphatic rings. The number of hydrogen-bond acceptors (Lipinski definition) is 3. The standard InChI is InChI=1S/C15H23N3O/c1-12-5-6-13(16-11-12)17-7-9-18(10-8-17)14(19)15(2,3)4/h5-6,11H,7-10H2,1-4H3. The highest BCUT2D eigenvalue weighted by atomic mass is 16.2. The number of hydrogen-bond donors (Lipinski definition) is 0. The van der Waals surface area contributed by atoms with Crippen LogP contribution in [0.2, 0.25) is 0 Å². The van der Waals surface area contributed by atoms with E-state index in [9.17, 15) is 4.79 Å². The van der Waals surface area contributed by atoms with Crippen molar-refractivity contribution in [2.24, 2.45) is 5.41 Å². The van der Waals surface area contributed by atoms with Crippen molar-refractivity contribution < 1.29 is 4.79 Å². The summed E-state index contributed by atoms with van der Waals surface area (Å²) >= 11 is 0. The summed E-state index contributed by atoms with van der Waals surface area (Å²) in [5.74, 6) is 1.25. The summed E-state index contributed by atoms with van der Waals surface area (Å²) in [6.45, 7) is 11.2. The van der Waals surface area contributed by atoms with Crippen molar-refractivity contribution in [1.29, 1.82) is 0 Å².